The maximum absolute atomic E-state index is 12.5. The molecule has 0 saturated heterocycles. The molecule has 2 aromatic rings. The number of thiophene rings is 1. The molecule has 1 aliphatic carbocycles. The first kappa shape index (κ1) is 14.1. The predicted octanol–water partition coefficient (Wildman–Crippen LogP) is 3.52. The van der Waals surface area contributed by atoms with Gasteiger partial charge in [0.15, 0.2) is 0 Å². The van der Waals surface area contributed by atoms with Gasteiger partial charge in [0, 0.05) is 35.2 Å². The number of carbonyl (C=O) groups excluding carboxylic acids is 1. The van der Waals surface area contributed by atoms with Crippen LogP contribution in [0.3, 0.4) is 0 Å². The maximum Gasteiger partial charge on any atom is 0.226 e. The number of rotatable bonds is 4. The van der Waals surface area contributed by atoms with E-state index in [0.29, 0.717) is 12.5 Å². The Labute approximate surface area is 128 Å². The maximum atomic E-state index is 12.5. The number of benzene rings is 1. The summed E-state index contributed by atoms with van der Waals surface area (Å²) in [4.78, 5) is 16.8. The molecule has 1 fully saturated rings. The highest BCUT2D eigenvalue weighted by Gasteiger charge is 2.45. The summed E-state index contributed by atoms with van der Waals surface area (Å²) in [5, 5.41) is 9.48. The molecule has 4 heteroatoms. The van der Waals surface area contributed by atoms with Crippen LogP contribution in [0.5, 0.6) is 5.75 Å². The van der Waals surface area contributed by atoms with Crippen molar-refractivity contribution in [2.75, 3.05) is 7.05 Å². The van der Waals surface area contributed by atoms with Gasteiger partial charge in [-0.25, -0.2) is 0 Å². The van der Waals surface area contributed by atoms with Crippen LogP contribution in [0.15, 0.2) is 36.4 Å². The highest BCUT2D eigenvalue weighted by molar-refractivity contribution is 7.12. The fourth-order valence-electron chi connectivity index (χ4n) is 2.72. The van der Waals surface area contributed by atoms with E-state index >= 15 is 0 Å². The summed E-state index contributed by atoms with van der Waals surface area (Å²) in [6.45, 7) is 2.64. The van der Waals surface area contributed by atoms with Gasteiger partial charge in [0.1, 0.15) is 5.75 Å². The van der Waals surface area contributed by atoms with E-state index in [-0.39, 0.29) is 17.6 Å². The Morgan fingerprint density at radius 1 is 1.38 bits per heavy atom. The van der Waals surface area contributed by atoms with Crippen LogP contribution in [0.25, 0.3) is 0 Å². The summed E-state index contributed by atoms with van der Waals surface area (Å²) in [6.07, 6.45) is 0.961. The number of hydrogen-bond donors (Lipinski definition) is 1. The summed E-state index contributed by atoms with van der Waals surface area (Å²) in [5.41, 5.74) is 0.954. The molecule has 0 bridgehead atoms. The quantitative estimate of drug-likeness (QED) is 0.938. The number of phenols is 1. The molecule has 1 heterocycles. The third-order valence-electron chi connectivity index (χ3n) is 3.94. The minimum Gasteiger partial charge on any atom is -0.508 e. The molecule has 0 spiro atoms. The van der Waals surface area contributed by atoms with Crippen molar-refractivity contribution in [1.82, 2.24) is 4.90 Å². The van der Waals surface area contributed by atoms with Crippen molar-refractivity contribution in [3.63, 3.8) is 0 Å². The molecular formula is C17H19NO2S. The van der Waals surface area contributed by atoms with Gasteiger partial charge in [-0.15, -0.1) is 11.3 Å². The number of aromatic hydroxyl groups is 1. The molecule has 1 aliphatic rings. The van der Waals surface area contributed by atoms with Crippen molar-refractivity contribution in [2.24, 2.45) is 5.92 Å². The number of phenolic OH excluding ortho intramolecular Hbond substituents is 1. The zero-order valence-corrected chi connectivity index (χ0v) is 13.1. The van der Waals surface area contributed by atoms with Crippen molar-refractivity contribution >= 4 is 17.2 Å². The van der Waals surface area contributed by atoms with Crippen LogP contribution in [0.2, 0.25) is 0 Å². The fraction of sp³-hybridized carbons (Fsp3) is 0.353. The smallest absolute Gasteiger partial charge is 0.226 e. The van der Waals surface area contributed by atoms with Crippen LogP contribution >= 0.6 is 11.3 Å². The standard InChI is InChI=1S/C17H19NO2S/c1-11-6-7-16(21-11)14-9-15(14)17(20)18(2)10-12-4-3-5-13(19)8-12/h3-8,14-15,19H,9-10H2,1-2H3/t14-,15+/m0/s1. The number of amides is 1. The molecule has 1 aromatic carbocycles. The highest BCUT2D eigenvalue weighted by Crippen LogP contribution is 2.50. The summed E-state index contributed by atoms with van der Waals surface area (Å²) in [5.74, 6) is 0.981. The van der Waals surface area contributed by atoms with E-state index in [1.165, 1.54) is 9.75 Å². The van der Waals surface area contributed by atoms with Gasteiger partial charge in [-0.1, -0.05) is 12.1 Å². The van der Waals surface area contributed by atoms with E-state index in [0.717, 1.165) is 12.0 Å². The molecule has 110 valence electrons. The summed E-state index contributed by atoms with van der Waals surface area (Å²) >= 11 is 1.79. The van der Waals surface area contributed by atoms with Crippen molar-refractivity contribution in [3.8, 4) is 5.75 Å². The SMILES string of the molecule is Cc1ccc([C@H]2C[C@H]2C(=O)N(C)Cc2cccc(O)c2)s1. The average Bonchev–Trinajstić information content (AvgIpc) is 3.13. The fourth-order valence-corrected chi connectivity index (χ4v) is 3.78. The molecule has 1 aromatic heterocycles. The lowest BCUT2D eigenvalue weighted by Gasteiger charge is -2.17. The van der Waals surface area contributed by atoms with Crippen LogP contribution in [-0.4, -0.2) is 23.0 Å². The van der Waals surface area contributed by atoms with Gasteiger partial charge in [0.2, 0.25) is 5.91 Å². The molecule has 1 saturated carbocycles. The van der Waals surface area contributed by atoms with Crippen LogP contribution in [-0.2, 0) is 11.3 Å². The van der Waals surface area contributed by atoms with Crippen molar-refractivity contribution in [1.29, 1.82) is 0 Å². The first-order chi connectivity index (χ1) is 10.0. The second-order valence-electron chi connectivity index (χ2n) is 5.76. The minimum absolute atomic E-state index is 0.130. The van der Waals surface area contributed by atoms with Crippen LogP contribution < -0.4 is 0 Å². The molecule has 1 amide bonds. The van der Waals surface area contributed by atoms with E-state index in [9.17, 15) is 9.90 Å². The summed E-state index contributed by atoms with van der Waals surface area (Å²) in [6, 6.07) is 11.3. The lowest BCUT2D eigenvalue weighted by Crippen LogP contribution is -2.27. The van der Waals surface area contributed by atoms with Crippen molar-refractivity contribution in [3.05, 3.63) is 51.7 Å². The Kier molecular flexibility index (Phi) is 3.72. The Hall–Kier alpha value is -1.81. The van der Waals surface area contributed by atoms with Gasteiger partial charge < -0.3 is 10.0 Å². The molecule has 21 heavy (non-hydrogen) atoms. The van der Waals surface area contributed by atoms with Gasteiger partial charge in [0.25, 0.3) is 0 Å². The molecular weight excluding hydrogens is 282 g/mol. The molecule has 3 nitrogen and oxygen atoms in total. The first-order valence-corrected chi connectivity index (χ1v) is 7.95. The summed E-state index contributed by atoms with van der Waals surface area (Å²) < 4.78 is 0. The third kappa shape index (κ3) is 3.10. The van der Waals surface area contributed by atoms with E-state index in [2.05, 4.69) is 19.1 Å². The Bertz CT molecular complexity index is 664. The van der Waals surface area contributed by atoms with Gasteiger partial charge in [-0.3, -0.25) is 4.79 Å². The van der Waals surface area contributed by atoms with Crippen molar-refractivity contribution < 1.29 is 9.90 Å². The molecule has 0 unspecified atom stereocenters. The number of aryl methyl sites for hydroxylation is 1. The second-order valence-corrected chi connectivity index (χ2v) is 7.08. The van der Waals surface area contributed by atoms with Gasteiger partial charge in [-0.2, -0.15) is 0 Å². The van der Waals surface area contributed by atoms with Crippen LogP contribution in [0, 0.1) is 12.8 Å². The normalized spacial score (nSPS) is 20.3. The Morgan fingerprint density at radius 2 is 2.19 bits per heavy atom. The second kappa shape index (κ2) is 5.53. The Balaban J connectivity index is 1.61. The predicted molar refractivity (Wildman–Crippen MR) is 84.5 cm³/mol. The van der Waals surface area contributed by atoms with E-state index in [4.69, 9.17) is 0 Å². The van der Waals surface area contributed by atoms with Crippen LogP contribution in [0.1, 0.15) is 27.7 Å². The molecule has 1 N–H and O–H groups in total. The van der Waals surface area contributed by atoms with Gasteiger partial charge >= 0.3 is 0 Å². The largest absolute Gasteiger partial charge is 0.508 e. The lowest BCUT2D eigenvalue weighted by molar-refractivity contribution is -0.131. The zero-order valence-electron chi connectivity index (χ0n) is 12.2. The molecule has 3 rings (SSSR count). The minimum atomic E-state index is 0.130. The van der Waals surface area contributed by atoms with E-state index in [1.807, 2.05) is 13.1 Å². The monoisotopic (exact) mass is 301 g/mol. The third-order valence-corrected chi connectivity index (χ3v) is 5.07. The van der Waals surface area contributed by atoms with Crippen molar-refractivity contribution in [2.45, 2.75) is 25.8 Å². The number of nitrogens with zero attached hydrogens (tertiary/aromatic N) is 1. The van der Waals surface area contributed by atoms with Gasteiger partial charge in [0.05, 0.1) is 0 Å². The summed E-state index contributed by atoms with van der Waals surface area (Å²) in [7, 11) is 1.83. The van der Waals surface area contributed by atoms with Gasteiger partial charge in [-0.05, 0) is 43.2 Å². The zero-order chi connectivity index (χ0) is 15.0. The molecule has 0 aliphatic heterocycles. The molecule has 0 radical (unpaired) electrons. The number of hydrogen-bond acceptors (Lipinski definition) is 3. The average molecular weight is 301 g/mol. The lowest BCUT2D eigenvalue weighted by atomic mass is 10.2. The van der Waals surface area contributed by atoms with E-state index in [1.54, 1.807) is 34.4 Å². The highest BCUT2D eigenvalue weighted by atomic mass is 32.1. The Morgan fingerprint density at radius 3 is 2.86 bits per heavy atom. The number of carbonyl (C=O) groups is 1. The van der Waals surface area contributed by atoms with Crippen LogP contribution in [0.4, 0.5) is 0 Å². The molecule has 2 atom stereocenters. The topological polar surface area (TPSA) is 40.5 Å². The van der Waals surface area contributed by atoms with E-state index < -0.39 is 0 Å². The first-order valence-electron chi connectivity index (χ1n) is 7.14.